The summed E-state index contributed by atoms with van der Waals surface area (Å²) in [6, 6.07) is 17.9. The number of hydrogen-bond acceptors (Lipinski definition) is 5. The molecule has 1 N–H and O–H groups in total. The normalized spacial score (nSPS) is 10.9. The Morgan fingerprint density at radius 1 is 1.00 bits per heavy atom. The zero-order chi connectivity index (χ0) is 17.1. The predicted octanol–water partition coefficient (Wildman–Crippen LogP) is 3.15. The maximum atomic E-state index is 4.61. The lowest BCUT2D eigenvalue weighted by Crippen LogP contribution is -2.10. The number of fused-ring (bicyclic) bond motifs is 1. The Kier molecular flexibility index (Phi) is 4.08. The lowest BCUT2D eigenvalue weighted by Gasteiger charge is -2.08. The number of nitrogens with one attached hydrogen (secondary N) is 1. The van der Waals surface area contributed by atoms with Gasteiger partial charge in [-0.15, -0.1) is 5.10 Å². The highest BCUT2D eigenvalue weighted by molar-refractivity contribution is 5.58. The number of aromatic nitrogens is 5. The van der Waals surface area contributed by atoms with Crippen LogP contribution in [0.2, 0.25) is 0 Å². The van der Waals surface area contributed by atoms with E-state index in [0.29, 0.717) is 11.6 Å². The fourth-order valence-electron chi connectivity index (χ4n) is 2.69. The molecular formula is C19H18N6. The van der Waals surface area contributed by atoms with Crippen LogP contribution in [-0.4, -0.2) is 31.1 Å². The molecular weight excluding hydrogens is 312 g/mol. The number of rotatable bonds is 5. The van der Waals surface area contributed by atoms with Crippen LogP contribution in [0.3, 0.4) is 0 Å². The summed E-state index contributed by atoms with van der Waals surface area (Å²) >= 11 is 0. The van der Waals surface area contributed by atoms with Gasteiger partial charge in [0.1, 0.15) is 5.82 Å². The molecule has 0 aliphatic carbocycles. The molecule has 124 valence electrons. The largest absolute Gasteiger partial charge is 0.369 e. The number of hydrogen-bond donors (Lipinski definition) is 1. The molecule has 3 aromatic heterocycles. The van der Waals surface area contributed by atoms with E-state index in [4.69, 9.17) is 0 Å². The van der Waals surface area contributed by atoms with Gasteiger partial charge in [0.2, 0.25) is 0 Å². The molecule has 25 heavy (non-hydrogen) atoms. The van der Waals surface area contributed by atoms with Crippen molar-refractivity contribution in [1.82, 2.24) is 24.6 Å². The molecule has 0 amide bonds. The Bertz CT molecular complexity index is 979. The fraction of sp³-hybridized carbons (Fsp3) is 0.158. The second-order valence-electron chi connectivity index (χ2n) is 5.79. The van der Waals surface area contributed by atoms with E-state index in [2.05, 4.69) is 25.4 Å². The lowest BCUT2D eigenvalue weighted by molar-refractivity contribution is 0.896. The quantitative estimate of drug-likeness (QED) is 0.609. The van der Waals surface area contributed by atoms with Gasteiger partial charge in [-0.05, 0) is 19.1 Å². The Hall–Kier alpha value is -3.28. The Labute approximate surface area is 145 Å². The third-order valence-corrected chi connectivity index (χ3v) is 3.89. The first-order valence-corrected chi connectivity index (χ1v) is 8.23. The van der Waals surface area contributed by atoms with Gasteiger partial charge in [0, 0.05) is 42.2 Å². The van der Waals surface area contributed by atoms with E-state index in [9.17, 15) is 0 Å². The summed E-state index contributed by atoms with van der Waals surface area (Å²) in [7, 11) is 0. The van der Waals surface area contributed by atoms with Crippen molar-refractivity contribution in [2.24, 2.45) is 0 Å². The first kappa shape index (κ1) is 15.3. The monoisotopic (exact) mass is 330 g/mol. The molecule has 0 fully saturated rings. The van der Waals surface area contributed by atoms with Crippen molar-refractivity contribution < 1.29 is 0 Å². The molecule has 0 saturated carbocycles. The Morgan fingerprint density at radius 3 is 2.64 bits per heavy atom. The summed E-state index contributed by atoms with van der Waals surface area (Å²) < 4.78 is 1.76. The van der Waals surface area contributed by atoms with Crippen molar-refractivity contribution in [1.29, 1.82) is 0 Å². The van der Waals surface area contributed by atoms with E-state index in [1.54, 1.807) is 4.52 Å². The summed E-state index contributed by atoms with van der Waals surface area (Å²) in [5.41, 5.74) is 2.94. The number of pyridine rings is 1. The average Bonchev–Trinajstić information content (AvgIpc) is 3.07. The first-order valence-electron chi connectivity index (χ1n) is 8.23. The maximum absolute atomic E-state index is 4.61. The molecule has 0 atom stereocenters. The molecule has 0 saturated heterocycles. The molecule has 1 aromatic carbocycles. The Morgan fingerprint density at radius 2 is 1.84 bits per heavy atom. The van der Waals surface area contributed by atoms with Crippen LogP contribution in [0, 0.1) is 6.92 Å². The zero-order valence-corrected chi connectivity index (χ0v) is 13.9. The van der Waals surface area contributed by atoms with E-state index >= 15 is 0 Å². The van der Waals surface area contributed by atoms with Gasteiger partial charge >= 0.3 is 0 Å². The van der Waals surface area contributed by atoms with Crippen LogP contribution >= 0.6 is 0 Å². The average molecular weight is 330 g/mol. The summed E-state index contributed by atoms with van der Waals surface area (Å²) in [6.07, 6.45) is 2.65. The molecule has 0 unspecified atom stereocenters. The number of anilines is 1. The van der Waals surface area contributed by atoms with E-state index in [1.807, 2.05) is 67.7 Å². The molecule has 6 heteroatoms. The summed E-state index contributed by atoms with van der Waals surface area (Å²) in [6.45, 7) is 2.72. The minimum absolute atomic E-state index is 0.596. The minimum atomic E-state index is 0.596. The van der Waals surface area contributed by atoms with Crippen LogP contribution < -0.4 is 5.32 Å². The van der Waals surface area contributed by atoms with Gasteiger partial charge in [-0.3, -0.25) is 4.98 Å². The van der Waals surface area contributed by atoms with Crippen molar-refractivity contribution in [3.63, 3.8) is 0 Å². The predicted molar refractivity (Wildman–Crippen MR) is 97.4 cm³/mol. The summed E-state index contributed by atoms with van der Waals surface area (Å²) in [5.74, 6) is 2.15. The van der Waals surface area contributed by atoms with E-state index in [0.717, 1.165) is 35.7 Å². The third kappa shape index (κ3) is 3.33. The minimum Gasteiger partial charge on any atom is -0.369 e. The third-order valence-electron chi connectivity index (χ3n) is 3.89. The van der Waals surface area contributed by atoms with E-state index < -0.39 is 0 Å². The molecule has 0 spiro atoms. The Balaban J connectivity index is 1.61. The van der Waals surface area contributed by atoms with Crippen molar-refractivity contribution in [3.05, 3.63) is 72.2 Å². The van der Waals surface area contributed by atoms with Crippen LogP contribution in [0.4, 0.5) is 5.82 Å². The number of aryl methyl sites for hydroxylation is 1. The SMILES string of the molecule is Cc1cc(NCCc2ccccn2)n2nc(-c3ccccc3)nc2n1. The van der Waals surface area contributed by atoms with Crippen LogP contribution in [0.15, 0.2) is 60.8 Å². The van der Waals surface area contributed by atoms with Gasteiger partial charge in [0.25, 0.3) is 5.78 Å². The second kappa shape index (κ2) is 6.68. The molecule has 0 bridgehead atoms. The van der Waals surface area contributed by atoms with Gasteiger partial charge in [-0.2, -0.15) is 9.50 Å². The highest BCUT2D eigenvalue weighted by Gasteiger charge is 2.11. The van der Waals surface area contributed by atoms with Crippen molar-refractivity contribution >= 4 is 11.6 Å². The zero-order valence-electron chi connectivity index (χ0n) is 13.9. The van der Waals surface area contributed by atoms with Crippen LogP contribution in [0.25, 0.3) is 17.2 Å². The smallest absolute Gasteiger partial charge is 0.254 e. The summed E-state index contributed by atoms with van der Waals surface area (Å²) in [5, 5.41) is 8.04. The topological polar surface area (TPSA) is 68.0 Å². The van der Waals surface area contributed by atoms with Crippen molar-refractivity contribution in [2.75, 3.05) is 11.9 Å². The number of nitrogens with zero attached hydrogens (tertiary/aromatic N) is 5. The van der Waals surface area contributed by atoms with Crippen LogP contribution in [0.5, 0.6) is 0 Å². The summed E-state index contributed by atoms with van der Waals surface area (Å²) in [4.78, 5) is 13.4. The standard InChI is InChI=1S/C19H18N6/c1-14-13-17(21-12-10-16-9-5-6-11-20-16)25-19(22-14)23-18(24-25)15-7-3-2-4-8-15/h2-9,11,13,21H,10,12H2,1H3. The molecule has 0 radical (unpaired) electrons. The van der Waals surface area contributed by atoms with E-state index in [1.165, 1.54) is 0 Å². The lowest BCUT2D eigenvalue weighted by atomic mass is 10.2. The van der Waals surface area contributed by atoms with Crippen LogP contribution in [0.1, 0.15) is 11.4 Å². The molecule has 6 nitrogen and oxygen atoms in total. The highest BCUT2D eigenvalue weighted by Crippen LogP contribution is 2.18. The first-order chi connectivity index (χ1) is 12.3. The van der Waals surface area contributed by atoms with Gasteiger partial charge in [0.05, 0.1) is 0 Å². The molecule has 4 aromatic rings. The number of benzene rings is 1. The fourth-order valence-corrected chi connectivity index (χ4v) is 2.69. The van der Waals surface area contributed by atoms with Gasteiger partial charge in [-0.25, -0.2) is 4.98 Å². The molecule has 3 heterocycles. The molecule has 0 aliphatic rings. The van der Waals surface area contributed by atoms with Gasteiger partial charge < -0.3 is 5.32 Å². The molecule has 4 rings (SSSR count). The van der Waals surface area contributed by atoms with Gasteiger partial charge in [-0.1, -0.05) is 36.4 Å². The highest BCUT2D eigenvalue weighted by atomic mass is 15.4. The molecule has 0 aliphatic heterocycles. The van der Waals surface area contributed by atoms with Crippen molar-refractivity contribution in [3.8, 4) is 11.4 Å². The van der Waals surface area contributed by atoms with Crippen molar-refractivity contribution in [2.45, 2.75) is 13.3 Å². The maximum Gasteiger partial charge on any atom is 0.254 e. The second-order valence-corrected chi connectivity index (χ2v) is 5.79. The van der Waals surface area contributed by atoms with E-state index in [-0.39, 0.29) is 0 Å². The van der Waals surface area contributed by atoms with Gasteiger partial charge in [0.15, 0.2) is 5.82 Å². The van der Waals surface area contributed by atoms with Crippen LogP contribution in [-0.2, 0) is 6.42 Å².